The fraction of sp³-hybridized carbons (Fsp3) is 0.500. The lowest BCUT2D eigenvalue weighted by molar-refractivity contribution is -0.135. The first kappa shape index (κ1) is 16.9. The Morgan fingerprint density at radius 2 is 1.96 bits per heavy atom. The Morgan fingerprint density at radius 3 is 2.62 bits per heavy atom. The van der Waals surface area contributed by atoms with Crippen molar-refractivity contribution in [2.24, 2.45) is 5.92 Å². The van der Waals surface area contributed by atoms with Crippen LogP contribution in [-0.2, 0) is 4.79 Å². The van der Waals surface area contributed by atoms with E-state index in [1.807, 2.05) is 43.0 Å². The predicted molar refractivity (Wildman–Crippen MR) is 95.3 cm³/mol. The number of para-hydroxylation sites is 1. The van der Waals surface area contributed by atoms with E-state index >= 15 is 0 Å². The van der Waals surface area contributed by atoms with Crippen LogP contribution in [0.25, 0.3) is 10.6 Å². The summed E-state index contributed by atoms with van der Waals surface area (Å²) in [6.07, 6.45) is 1.91. The molecule has 2 aromatic rings. The van der Waals surface area contributed by atoms with Crippen LogP contribution in [0.2, 0.25) is 0 Å². The van der Waals surface area contributed by atoms with Crippen molar-refractivity contribution in [1.29, 1.82) is 0 Å². The Hall–Kier alpha value is -1.95. The molecule has 0 aliphatic carbocycles. The van der Waals surface area contributed by atoms with Gasteiger partial charge in [-0.3, -0.25) is 4.79 Å². The molecule has 1 aromatic heterocycles. The number of carbonyl (C=O) groups is 1. The van der Waals surface area contributed by atoms with Crippen molar-refractivity contribution in [3.05, 3.63) is 29.3 Å². The maximum atomic E-state index is 12.1. The van der Waals surface area contributed by atoms with Crippen LogP contribution in [0.4, 0.5) is 0 Å². The van der Waals surface area contributed by atoms with E-state index in [4.69, 9.17) is 4.74 Å². The van der Waals surface area contributed by atoms with Crippen molar-refractivity contribution >= 4 is 17.2 Å². The van der Waals surface area contributed by atoms with Crippen molar-refractivity contribution in [2.45, 2.75) is 32.6 Å². The van der Waals surface area contributed by atoms with E-state index in [2.05, 4.69) is 10.2 Å². The summed E-state index contributed by atoms with van der Waals surface area (Å²) in [6.45, 7) is 5.54. The number of aromatic nitrogens is 2. The first-order chi connectivity index (χ1) is 11.6. The van der Waals surface area contributed by atoms with Gasteiger partial charge in [-0.2, -0.15) is 0 Å². The minimum Gasteiger partial charge on any atom is -0.496 e. The maximum Gasteiger partial charge on any atom is 0.225 e. The SMILES string of the molecule is COc1ccccc1-c1nnc(C2CCN(C(=O)C(C)C)CC2)s1. The Kier molecular flexibility index (Phi) is 5.14. The fourth-order valence-corrected chi connectivity index (χ4v) is 4.08. The predicted octanol–water partition coefficient (Wildman–Crippen LogP) is 3.58. The van der Waals surface area contributed by atoms with E-state index in [1.165, 1.54) is 0 Å². The van der Waals surface area contributed by atoms with Gasteiger partial charge >= 0.3 is 0 Å². The normalized spacial score (nSPS) is 15.8. The molecule has 2 heterocycles. The molecule has 0 radical (unpaired) electrons. The van der Waals surface area contributed by atoms with Gasteiger partial charge in [0.05, 0.1) is 12.7 Å². The second kappa shape index (κ2) is 7.30. The van der Waals surface area contributed by atoms with Crippen molar-refractivity contribution in [2.75, 3.05) is 20.2 Å². The number of hydrogen-bond acceptors (Lipinski definition) is 5. The van der Waals surface area contributed by atoms with E-state index < -0.39 is 0 Å². The molecule has 1 aliphatic rings. The molecule has 1 amide bonds. The van der Waals surface area contributed by atoms with Crippen LogP contribution in [0.3, 0.4) is 0 Å². The molecule has 0 unspecified atom stereocenters. The molecule has 0 N–H and O–H groups in total. The molecule has 0 bridgehead atoms. The summed E-state index contributed by atoms with van der Waals surface area (Å²) in [4.78, 5) is 14.1. The van der Waals surface area contributed by atoms with Crippen LogP contribution >= 0.6 is 11.3 Å². The van der Waals surface area contributed by atoms with Crippen LogP contribution in [-0.4, -0.2) is 41.2 Å². The molecule has 1 aromatic carbocycles. The van der Waals surface area contributed by atoms with Crippen molar-refractivity contribution < 1.29 is 9.53 Å². The quantitative estimate of drug-likeness (QED) is 0.850. The largest absolute Gasteiger partial charge is 0.496 e. The Balaban J connectivity index is 1.70. The topological polar surface area (TPSA) is 55.3 Å². The van der Waals surface area contributed by atoms with E-state index in [0.29, 0.717) is 5.92 Å². The summed E-state index contributed by atoms with van der Waals surface area (Å²) in [5, 5.41) is 10.7. The second-order valence-corrected chi connectivity index (χ2v) is 7.41. The van der Waals surface area contributed by atoms with Crippen LogP contribution in [0, 0.1) is 5.92 Å². The van der Waals surface area contributed by atoms with Gasteiger partial charge in [-0.05, 0) is 25.0 Å². The monoisotopic (exact) mass is 345 g/mol. The number of nitrogens with zero attached hydrogens (tertiary/aromatic N) is 3. The number of piperidine rings is 1. The number of benzene rings is 1. The molecular formula is C18H23N3O2S. The van der Waals surface area contributed by atoms with Gasteiger partial charge in [0.15, 0.2) is 5.01 Å². The zero-order valence-corrected chi connectivity index (χ0v) is 15.2. The number of carbonyl (C=O) groups excluding carboxylic acids is 1. The summed E-state index contributed by atoms with van der Waals surface area (Å²) in [5.74, 6) is 1.53. The smallest absolute Gasteiger partial charge is 0.225 e. The van der Waals surface area contributed by atoms with E-state index in [1.54, 1.807) is 18.4 Å². The van der Waals surface area contributed by atoms with Crippen LogP contribution in [0.1, 0.15) is 37.6 Å². The number of rotatable bonds is 4. The van der Waals surface area contributed by atoms with Crippen molar-refractivity contribution in [3.63, 3.8) is 0 Å². The summed E-state index contributed by atoms with van der Waals surface area (Å²) in [6, 6.07) is 7.88. The van der Waals surface area contributed by atoms with Gasteiger partial charge in [0, 0.05) is 24.9 Å². The highest BCUT2D eigenvalue weighted by atomic mass is 32.1. The molecule has 6 heteroatoms. The third kappa shape index (κ3) is 3.43. The highest BCUT2D eigenvalue weighted by Crippen LogP contribution is 2.36. The van der Waals surface area contributed by atoms with E-state index in [-0.39, 0.29) is 11.8 Å². The standard InChI is InChI=1S/C18H23N3O2S/c1-12(2)18(22)21-10-8-13(9-11-21)16-19-20-17(24-16)14-6-4-5-7-15(14)23-3/h4-7,12-13H,8-11H2,1-3H3. The lowest BCUT2D eigenvalue weighted by Crippen LogP contribution is -2.40. The zero-order chi connectivity index (χ0) is 17.1. The van der Waals surface area contributed by atoms with Crippen molar-refractivity contribution in [1.82, 2.24) is 15.1 Å². The molecular weight excluding hydrogens is 322 g/mol. The first-order valence-corrected chi connectivity index (χ1v) is 9.17. The zero-order valence-electron chi connectivity index (χ0n) is 14.4. The maximum absolute atomic E-state index is 12.1. The van der Waals surface area contributed by atoms with Gasteiger partial charge in [-0.25, -0.2) is 0 Å². The Labute approximate surface area is 146 Å². The lowest BCUT2D eigenvalue weighted by Gasteiger charge is -2.32. The number of likely N-dealkylation sites (tertiary alicyclic amines) is 1. The molecule has 1 aliphatic heterocycles. The molecule has 0 saturated carbocycles. The third-order valence-corrected chi connectivity index (χ3v) is 5.55. The van der Waals surface area contributed by atoms with Crippen LogP contribution < -0.4 is 4.74 Å². The van der Waals surface area contributed by atoms with Gasteiger partial charge in [0.25, 0.3) is 0 Å². The average Bonchev–Trinajstić information content (AvgIpc) is 3.11. The molecule has 24 heavy (non-hydrogen) atoms. The molecule has 1 fully saturated rings. The number of hydrogen-bond donors (Lipinski definition) is 0. The molecule has 0 atom stereocenters. The average molecular weight is 345 g/mol. The molecule has 0 spiro atoms. The van der Waals surface area contributed by atoms with Crippen LogP contribution in [0.15, 0.2) is 24.3 Å². The summed E-state index contributed by atoms with van der Waals surface area (Å²) < 4.78 is 5.41. The molecule has 1 saturated heterocycles. The third-order valence-electron chi connectivity index (χ3n) is 4.43. The van der Waals surface area contributed by atoms with Gasteiger partial charge in [0.2, 0.25) is 5.91 Å². The van der Waals surface area contributed by atoms with E-state index in [9.17, 15) is 4.79 Å². The second-order valence-electron chi connectivity index (χ2n) is 6.40. The highest BCUT2D eigenvalue weighted by molar-refractivity contribution is 7.14. The molecule has 128 valence electrons. The first-order valence-electron chi connectivity index (χ1n) is 8.35. The van der Waals surface area contributed by atoms with E-state index in [0.717, 1.165) is 47.3 Å². The van der Waals surface area contributed by atoms with Gasteiger partial charge in [-0.15, -0.1) is 10.2 Å². The Morgan fingerprint density at radius 1 is 1.25 bits per heavy atom. The fourth-order valence-electron chi connectivity index (χ4n) is 3.04. The number of amides is 1. The van der Waals surface area contributed by atoms with Crippen molar-refractivity contribution in [3.8, 4) is 16.3 Å². The number of methoxy groups -OCH3 is 1. The van der Waals surface area contributed by atoms with Gasteiger partial charge in [-0.1, -0.05) is 37.3 Å². The summed E-state index contributed by atoms with van der Waals surface area (Å²) in [7, 11) is 1.67. The lowest BCUT2D eigenvalue weighted by atomic mass is 9.97. The van der Waals surface area contributed by atoms with Gasteiger partial charge in [0.1, 0.15) is 10.8 Å². The number of ether oxygens (including phenoxy) is 1. The Bertz CT molecular complexity index is 706. The van der Waals surface area contributed by atoms with Gasteiger partial charge < -0.3 is 9.64 Å². The van der Waals surface area contributed by atoms with Crippen LogP contribution in [0.5, 0.6) is 5.75 Å². The minimum atomic E-state index is 0.0697. The molecule has 5 nitrogen and oxygen atoms in total. The minimum absolute atomic E-state index is 0.0697. The molecule has 3 rings (SSSR count). The highest BCUT2D eigenvalue weighted by Gasteiger charge is 2.27. The summed E-state index contributed by atoms with van der Waals surface area (Å²) >= 11 is 1.63. The summed E-state index contributed by atoms with van der Waals surface area (Å²) in [5.41, 5.74) is 0.983.